The summed E-state index contributed by atoms with van der Waals surface area (Å²) in [6.07, 6.45) is 3.42. The quantitative estimate of drug-likeness (QED) is 0.576. The van der Waals surface area contributed by atoms with Gasteiger partial charge in [-0.2, -0.15) is 5.10 Å². The van der Waals surface area contributed by atoms with Crippen molar-refractivity contribution in [1.29, 1.82) is 0 Å². The number of amides is 1. The summed E-state index contributed by atoms with van der Waals surface area (Å²) in [6, 6.07) is 10.9. The number of hydrogen-bond acceptors (Lipinski definition) is 5. The van der Waals surface area contributed by atoms with E-state index in [0.29, 0.717) is 12.3 Å². The molecule has 0 bridgehead atoms. The van der Waals surface area contributed by atoms with Crippen LogP contribution in [0, 0.1) is 10.1 Å². The molecule has 1 aromatic carbocycles. The average molecular weight is 312 g/mol. The fourth-order valence-electron chi connectivity index (χ4n) is 2.06. The molecule has 1 amide bonds. The van der Waals surface area contributed by atoms with Crippen LogP contribution in [0.1, 0.15) is 16.3 Å². The van der Waals surface area contributed by atoms with E-state index in [4.69, 9.17) is 4.42 Å². The zero-order chi connectivity index (χ0) is 16.2. The second-order valence-corrected chi connectivity index (χ2v) is 4.70. The monoisotopic (exact) mass is 312 g/mol. The van der Waals surface area contributed by atoms with E-state index < -0.39 is 10.8 Å². The van der Waals surface area contributed by atoms with E-state index in [1.54, 1.807) is 35.3 Å². The van der Waals surface area contributed by atoms with E-state index in [1.165, 1.54) is 24.3 Å². The molecule has 2 aromatic heterocycles. The van der Waals surface area contributed by atoms with E-state index in [0.717, 1.165) is 0 Å². The fourth-order valence-corrected chi connectivity index (χ4v) is 2.06. The Labute approximate surface area is 130 Å². The molecule has 1 N–H and O–H groups in total. The van der Waals surface area contributed by atoms with E-state index in [1.807, 2.05) is 0 Å². The van der Waals surface area contributed by atoms with Gasteiger partial charge in [-0.15, -0.1) is 0 Å². The maximum Gasteiger partial charge on any atom is 0.292 e. The van der Waals surface area contributed by atoms with Gasteiger partial charge in [0.05, 0.1) is 11.5 Å². The molecule has 23 heavy (non-hydrogen) atoms. The Morgan fingerprint density at radius 2 is 2.09 bits per heavy atom. The van der Waals surface area contributed by atoms with E-state index in [-0.39, 0.29) is 17.1 Å². The molecule has 116 valence electrons. The minimum absolute atomic E-state index is 0.0744. The average Bonchev–Trinajstić information content (AvgIpc) is 3.20. The maximum atomic E-state index is 12.2. The number of nitrogens with one attached hydrogen (secondary N) is 1. The van der Waals surface area contributed by atoms with Gasteiger partial charge < -0.3 is 9.73 Å². The van der Waals surface area contributed by atoms with Crippen molar-refractivity contribution in [3.63, 3.8) is 0 Å². The van der Waals surface area contributed by atoms with Crippen molar-refractivity contribution in [3.05, 3.63) is 76.5 Å². The maximum absolute atomic E-state index is 12.2. The van der Waals surface area contributed by atoms with Gasteiger partial charge in [-0.3, -0.25) is 19.6 Å². The Balaban J connectivity index is 1.74. The molecule has 8 nitrogen and oxygen atoms in total. The predicted octanol–water partition coefficient (Wildman–Crippen LogP) is 2.68. The van der Waals surface area contributed by atoms with Gasteiger partial charge in [-0.05, 0) is 24.3 Å². The van der Waals surface area contributed by atoms with Crippen LogP contribution in [0.2, 0.25) is 0 Å². The zero-order valence-corrected chi connectivity index (χ0v) is 11.9. The minimum atomic E-state index is -0.555. The van der Waals surface area contributed by atoms with Crippen molar-refractivity contribution < 1.29 is 14.1 Å². The largest absolute Gasteiger partial charge is 0.454 e. The molecule has 0 saturated carbocycles. The summed E-state index contributed by atoms with van der Waals surface area (Å²) in [6.45, 7) is 0.395. The molecule has 3 aromatic rings. The highest BCUT2D eigenvalue weighted by atomic mass is 16.6. The number of carbonyl (C=O) groups excluding carboxylic acids is 1. The number of benzene rings is 1. The first-order valence-electron chi connectivity index (χ1n) is 6.74. The number of nitro groups is 1. The van der Waals surface area contributed by atoms with E-state index >= 15 is 0 Å². The number of furan rings is 1. The first kappa shape index (κ1) is 14.5. The number of hydrogen-bond donors (Lipinski definition) is 1. The fraction of sp³-hybridized carbons (Fsp3) is 0.0667. The third kappa shape index (κ3) is 3.26. The van der Waals surface area contributed by atoms with E-state index in [2.05, 4.69) is 10.4 Å². The van der Waals surface area contributed by atoms with Crippen molar-refractivity contribution in [3.8, 4) is 0 Å². The highest BCUT2D eigenvalue weighted by Gasteiger charge is 2.17. The van der Waals surface area contributed by atoms with Crippen LogP contribution in [0.25, 0.3) is 0 Å². The van der Waals surface area contributed by atoms with E-state index in [9.17, 15) is 14.9 Å². The molecule has 0 atom stereocenters. The Hall–Kier alpha value is -3.42. The minimum Gasteiger partial charge on any atom is -0.454 e. The molecule has 3 rings (SSSR count). The molecular formula is C15H12N4O4. The van der Waals surface area contributed by atoms with Gasteiger partial charge in [0.25, 0.3) is 11.6 Å². The molecule has 0 aliphatic carbocycles. The topological polar surface area (TPSA) is 103 Å². The first-order chi connectivity index (χ1) is 11.1. The molecule has 0 fully saturated rings. The molecule has 0 aliphatic heterocycles. The van der Waals surface area contributed by atoms with Crippen molar-refractivity contribution in [2.24, 2.45) is 0 Å². The van der Waals surface area contributed by atoms with Crippen LogP contribution in [0.4, 0.5) is 11.4 Å². The van der Waals surface area contributed by atoms with Crippen LogP contribution in [0.5, 0.6) is 0 Å². The number of rotatable bonds is 5. The van der Waals surface area contributed by atoms with Gasteiger partial charge in [-0.25, -0.2) is 0 Å². The van der Waals surface area contributed by atoms with Crippen LogP contribution in [0.15, 0.2) is 59.3 Å². The second kappa shape index (κ2) is 6.14. The number of nitro benzene ring substituents is 1. The summed E-state index contributed by atoms with van der Waals surface area (Å²) in [5.41, 5.74) is -0.0586. The Morgan fingerprint density at radius 3 is 2.83 bits per heavy atom. The van der Waals surface area contributed by atoms with Crippen molar-refractivity contribution in [2.75, 3.05) is 5.32 Å². The second-order valence-electron chi connectivity index (χ2n) is 4.70. The van der Waals surface area contributed by atoms with Gasteiger partial charge in [0.2, 0.25) is 0 Å². The third-order valence-corrected chi connectivity index (χ3v) is 3.11. The highest BCUT2D eigenvalue weighted by molar-refractivity contribution is 6.03. The summed E-state index contributed by atoms with van der Waals surface area (Å²) in [5.74, 6) is 0.0812. The Morgan fingerprint density at radius 1 is 1.26 bits per heavy atom. The van der Waals surface area contributed by atoms with Crippen LogP contribution in [0.3, 0.4) is 0 Å². The van der Waals surface area contributed by atoms with Gasteiger partial charge in [0, 0.05) is 18.5 Å². The Bertz CT molecular complexity index is 839. The Kier molecular flexibility index (Phi) is 3.88. The molecule has 0 unspecified atom stereocenters. The number of carbonyl (C=O) groups is 1. The van der Waals surface area contributed by atoms with Gasteiger partial charge in [0.15, 0.2) is 5.76 Å². The standard InChI is InChI=1S/C15H12N4O4/c20-15(17-12-4-1-2-5-13(12)19(21)22)14-7-6-11(23-14)10-18-9-3-8-16-18/h1-9H,10H2,(H,17,20). The molecular weight excluding hydrogens is 300 g/mol. The van der Waals surface area contributed by atoms with Crippen molar-refractivity contribution in [1.82, 2.24) is 9.78 Å². The summed E-state index contributed by atoms with van der Waals surface area (Å²) >= 11 is 0. The summed E-state index contributed by atoms with van der Waals surface area (Å²) in [4.78, 5) is 22.5. The summed E-state index contributed by atoms with van der Waals surface area (Å²) in [5, 5.41) is 17.5. The predicted molar refractivity (Wildman–Crippen MR) is 81.1 cm³/mol. The molecule has 0 radical (unpaired) electrons. The van der Waals surface area contributed by atoms with Gasteiger partial charge in [-0.1, -0.05) is 12.1 Å². The van der Waals surface area contributed by atoms with Gasteiger partial charge in [0.1, 0.15) is 11.4 Å². The summed E-state index contributed by atoms with van der Waals surface area (Å²) in [7, 11) is 0. The van der Waals surface area contributed by atoms with Gasteiger partial charge >= 0.3 is 0 Å². The molecule has 8 heteroatoms. The smallest absolute Gasteiger partial charge is 0.292 e. The number of aromatic nitrogens is 2. The molecule has 2 heterocycles. The SMILES string of the molecule is O=C(Nc1ccccc1[N+](=O)[O-])c1ccc(Cn2cccn2)o1. The van der Waals surface area contributed by atoms with Crippen LogP contribution in [-0.4, -0.2) is 20.6 Å². The lowest BCUT2D eigenvalue weighted by molar-refractivity contribution is -0.383. The van der Waals surface area contributed by atoms with Crippen molar-refractivity contribution >= 4 is 17.3 Å². The van der Waals surface area contributed by atoms with Crippen LogP contribution in [-0.2, 0) is 6.54 Å². The number of nitrogens with zero attached hydrogens (tertiary/aromatic N) is 3. The lowest BCUT2D eigenvalue weighted by atomic mass is 10.2. The molecule has 0 aliphatic rings. The molecule has 0 spiro atoms. The summed E-state index contributed by atoms with van der Waals surface area (Å²) < 4.78 is 7.10. The third-order valence-electron chi connectivity index (χ3n) is 3.11. The number of anilines is 1. The molecule has 0 saturated heterocycles. The lowest BCUT2D eigenvalue weighted by Gasteiger charge is -2.04. The van der Waals surface area contributed by atoms with Crippen LogP contribution < -0.4 is 5.32 Å². The van der Waals surface area contributed by atoms with Crippen LogP contribution >= 0.6 is 0 Å². The first-order valence-corrected chi connectivity index (χ1v) is 6.74. The highest BCUT2D eigenvalue weighted by Crippen LogP contribution is 2.24. The number of para-hydroxylation sites is 2. The van der Waals surface area contributed by atoms with Crippen molar-refractivity contribution in [2.45, 2.75) is 6.54 Å². The normalized spacial score (nSPS) is 10.4. The lowest BCUT2D eigenvalue weighted by Crippen LogP contribution is -2.12. The zero-order valence-electron chi connectivity index (χ0n) is 11.9.